The Morgan fingerprint density at radius 2 is 1.49 bits per heavy atom. The van der Waals surface area contributed by atoms with Crippen molar-refractivity contribution in [3.63, 3.8) is 0 Å². The Morgan fingerprint density at radius 1 is 0.829 bits per heavy atom. The molecule has 0 atom stereocenters. The molecule has 0 fully saturated rings. The number of para-hydroxylation sites is 1. The standard InChI is InChI=1S/C26H21N3O5S/c1-33-21-12-11-16(15-22(21)34-2)29-25(32)19-9-5-6-10-20(19)27-26(29)35-14-13-28-23(30)17-7-3-4-8-18(17)24(28)31/h3-12,15H,13-14H2,1-2H3. The molecule has 5 rings (SSSR count). The quantitative estimate of drug-likeness (QED) is 0.223. The first-order chi connectivity index (χ1) is 17.0. The van der Waals surface area contributed by atoms with Crippen LogP contribution < -0.4 is 15.0 Å². The van der Waals surface area contributed by atoms with Gasteiger partial charge in [-0.05, 0) is 36.4 Å². The third kappa shape index (κ3) is 3.93. The van der Waals surface area contributed by atoms with Gasteiger partial charge in [0.1, 0.15) is 0 Å². The second-order valence-corrected chi connectivity index (χ2v) is 8.81. The Morgan fingerprint density at radius 3 is 2.17 bits per heavy atom. The average molecular weight is 488 g/mol. The van der Waals surface area contributed by atoms with Crippen LogP contribution in [0.1, 0.15) is 20.7 Å². The third-order valence-corrected chi connectivity index (χ3v) is 6.71. The maximum atomic E-state index is 13.5. The van der Waals surface area contributed by atoms with Crippen LogP contribution >= 0.6 is 11.8 Å². The van der Waals surface area contributed by atoms with E-state index >= 15 is 0 Å². The van der Waals surface area contributed by atoms with Gasteiger partial charge in [0.2, 0.25) is 0 Å². The van der Waals surface area contributed by atoms with Crippen molar-refractivity contribution in [1.82, 2.24) is 14.5 Å². The van der Waals surface area contributed by atoms with Crippen LogP contribution in [0.5, 0.6) is 11.5 Å². The number of benzene rings is 3. The molecule has 0 spiro atoms. The lowest BCUT2D eigenvalue weighted by Gasteiger charge is -2.17. The van der Waals surface area contributed by atoms with Crippen LogP contribution in [-0.4, -0.2) is 52.8 Å². The van der Waals surface area contributed by atoms with Gasteiger partial charge < -0.3 is 9.47 Å². The van der Waals surface area contributed by atoms with Crippen LogP contribution in [0.4, 0.5) is 0 Å². The molecular formula is C26H21N3O5S. The molecule has 4 aromatic rings. The average Bonchev–Trinajstić information content (AvgIpc) is 3.13. The van der Waals surface area contributed by atoms with Crippen molar-refractivity contribution < 1.29 is 19.1 Å². The van der Waals surface area contributed by atoms with Crippen molar-refractivity contribution in [2.24, 2.45) is 0 Å². The molecule has 9 heteroatoms. The summed E-state index contributed by atoms with van der Waals surface area (Å²) in [6.07, 6.45) is 0. The lowest BCUT2D eigenvalue weighted by atomic mass is 10.1. The summed E-state index contributed by atoms with van der Waals surface area (Å²) in [7, 11) is 3.07. The number of fused-ring (bicyclic) bond motifs is 2. The Bertz CT molecular complexity index is 1500. The largest absolute Gasteiger partial charge is 0.493 e. The lowest BCUT2D eigenvalue weighted by molar-refractivity contribution is 0.0664. The Kier molecular flexibility index (Phi) is 6.00. The van der Waals surface area contributed by atoms with Crippen LogP contribution in [0.3, 0.4) is 0 Å². The molecule has 0 N–H and O–H groups in total. The topological polar surface area (TPSA) is 90.7 Å². The van der Waals surface area contributed by atoms with Gasteiger partial charge in [-0.3, -0.25) is 23.9 Å². The van der Waals surface area contributed by atoms with Crippen molar-refractivity contribution in [2.45, 2.75) is 5.16 Å². The minimum Gasteiger partial charge on any atom is -0.493 e. The molecule has 3 aromatic carbocycles. The summed E-state index contributed by atoms with van der Waals surface area (Å²) >= 11 is 1.30. The fourth-order valence-corrected chi connectivity index (χ4v) is 5.01. The van der Waals surface area contributed by atoms with Crippen molar-refractivity contribution in [3.8, 4) is 17.2 Å². The van der Waals surface area contributed by atoms with Gasteiger partial charge in [-0.15, -0.1) is 0 Å². The van der Waals surface area contributed by atoms with Crippen molar-refractivity contribution >= 4 is 34.5 Å². The van der Waals surface area contributed by atoms with E-state index in [0.717, 1.165) is 0 Å². The SMILES string of the molecule is COc1ccc(-n2c(SCCN3C(=O)c4ccccc4C3=O)nc3ccccc3c2=O)cc1OC. The first kappa shape index (κ1) is 22.7. The number of methoxy groups -OCH3 is 2. The van der Waals surface area contributed by atoms with Gasteiger partial charge in [-0.1, -0.05) is 36.0 Å². The number of imide groups is 1. The molecule has 8 nitrogen and oxygen atoms in total. The second-order valence-electron chi connectivity index (χ2n) is 7.75. The fraction of sp³-hybridized carbons (Fsp3) is 0.154. The molecule has 0 bridgehead atoms. The number of aromatic nitrogens is 2. The first-order valence-corrected chi connectivity index (χ1v) is 11.8. The molecule has 35 heavy (non-hydrogen) atoms. The van der Waals surface area contributed by atoms with Crippen LogP contribution in [0.2, 0.25) is 0 Å². The lowest BCUT2D eigenvalue weighted by Crippen LogP contribution is -2.32. The van der Waals surface area contributed by atoms with Crippen molar-refractivity contribution in [2.75, 3.05) is 26.5 Å². The van der Waals surface area contributed by atoms with Gasteiger partial charge in [0.25, 0.3) is 17.4 Å². The summed E-state index contributed by atoms with van der Waals surface area (Å²) < 4.78 is 12.3. The highest BCUT2D eigenvalue weighted by molar-refractivity contribution is 7.99. The maximum absolute atomic E-state index is 13.5. The summed E-state index contributed by atoms with van der Waals surface area (Å²) in [5.74, 6) is 0.763. The fourth-order valence-electron chi connectivity index (χ4n) is 4.07. The third-order valence-electron chi connectivity index (χ3n) is 5.79. The highest BCUT2D eigenvalue weighted by Crippen LogP contribution is 2.31. The smallest absolute Gasteiger partial charge is 0.266 e. The highest BCUT2D eigenvalue weighted by Gasteiger charge is 2.34. The number of nitrogens with zero attached hydrogens (tertiary/aromatic N) is 3. The van der Waals surface area contributed by atoms with Gasteiger partial charge in [0.15, 0.2) is 16.7 Å². The van der Waals surface area contributed by atoms with Crippen LogP contribution in [0.25, 0.3) is 16.6 Å². The second kappa shape index (κ2) is 9.27. The van der Waals surface area contributed by atoms with E-state index in [1.54, 1.807) is 67.8 Å². The first-order valence-electron chi connectivity index (χ1n) is 10.9. The van der Waals surface area contributed by atoms with Crippen molar-refractivity contribution in [3.05, 3.63) is 88.2 Å². The van der Waals surface area contributed by atoms with E-state index in [9.17, 15) is 14.4 Å². The number of amides is 2. The molecule has 1 aliphatic rings. The summed E-state index contributed by atoms with van der Waals surface area (Å²) in [4.78, 5) is 44.8. The number of carbonyl (C=O) groups excluding carboxylic acids is 2. The number of thioether (sulfide) groups is 1. The van der Waals surface area contributed by atoms with E-state index < -0.39 is 0 Å². The van der Waals surface area contributed by atoms with E-state index in [1.165, 1.54) is 28.3 Å². The maximum Gasteiger partial charge on any atom is 0.266 e. The van der Waals surface area contributed by atoms with E-state index in [1.807, 2.05) is 6.07 Å². The Hall–Kier alpha value is -4.11. The number of ether oxygens (including phenoxy) is 2. The van der Waals surface area contributed by atoms with Crippen LogP contribution in [0, 0.1) is 0 Å². The molecule has 0 saturated heterocycles. The number of rotatable bonds is 7. The predicted molar refractivity (Wildman–Crippen MR) is 133 cm³/mol. The van der Waals surface area contributed by atoms with Crippen molar-refractivity contribution in [1.29, 1.82) is 0 Å². The Labute approximate surface area is 205 Å². The zero-order chi connectivity index (χ0) is 24.5. The van der Waals surface area contributed by atoms with Gasteiger partial charge in [0, 0.05) is 18.4 Å². The van der Waals surface area contributed by atoms with Gasteiger partial charge in [-0.2, -0.15) is 0 Å². The van der Waals surface area contributed by atoms with E-state index in [0.29, 0.717) is 50.1 Å². The summed E-state index contributed by atoms with van der Waals surface area (Å²) in [5, 5.41) is 0.921. The highest BCUT2D eigenvalue weighted by atomic mass is 32.2. The van der Waals surface area contributed by atoms with Gasteiger partial charge in [-0.25, -0.2) is 4.98 Å². The molecule has 2 heterocycles. The number of hydrogen-bond acceptors (Lipinski definition) is 7. The summed E-state index contributed by atoms with van der Waals surface area (Å²) in [6.45, 7) is 0.186. The molecule has 0 aliphatic carbocycles. The van der Waals surface area contributed by atoms with E-state index in [2.05, 4.69) is 0 Å². The van der Waals surface area contributed by atoms with E-state index in [4.69, 9.17) is 14.5 Å². The minimum absolute atomic E-state index is 0.186. The van der Waals surface area contributed by atoms with Crippen LogP contribution in [0.15, 0.2) is 76.7 Å². The molecule has 1 aromatic heterocycles. The number of hydrogen-bond donors (Lipinski definition) is 0. The Balaban J connectivity index is 1.49. The predicted octanol–water partition coefficient (Wildman–Crippen LogP) is 3.79. The molecular weight excluding hydrogens is 466 g/mol. The van der Waals surface area contributed by atoms with E-state index in [-0.39, 0.29) is 23.9 Å². The summed E-state index contributed by atoms with van der Waals surface area (Å²) in [6, 6.07) is 19.1. The molecule has 1 aliphatic heterocycles. The number of carbonyl (C=O) groups is 2. The minimum atomic E-state index is -0.310. The van der Waals surface area contributed by atoms with Crippen LogP contribution in [-0.2, 0) is 0 Å². The molecule has 2 amide bonds. The van der Waals surface area contributed by atoms with Gasteiger partial charge >= 0.3 is 0 Å². The normalized spacial score (nSPS) is 12.8. The monoisotopic (exact) mass is 487 g/mol. The molecule has 0 unspecified atom stereocenters. The summed E-state index contributed by atoms with van der Waals surface area (Å²) in [5.41, 5.74) is 1.72. The molecule has 0 radical (unpaired) electrons. The molecule has 176 valence electrons. The van der Waals surface area contributed by atoms with Gasteiger partial charge in [0.05, 0.1) is 41.9 Å². The zero-order valence-corrected chi connectivity index (χ0v) is 19.9. The molecule has 0 saturated carbocycles. The zero-order valence-electron chi connectivity index (χ0n) is 19.1.